The van der Waals surface area contributed by atoms with Crippen molar-refractivity contribution in [2.75, 3.05) is 6.61 Å². The van der Waals surface area contributed by atoms with Crippen LogP contribution < -0.4 is 0 Å². The van der Waals surface area contributed by atoms with Gasteiger partial charge in [0, 0.05) is 12.1 Å². The van der Waals surface area contributed by atoms with Gasteiger partial charge < -0.3 is 5.11 Å². The molecular weight excluding hydrogens is 221 g/mol. The minimum atomic E-state index is -0.597. The van der Waals surface area contributed by atoms with Crippen molar-refractivity contribution in [3.05, 3.63) is 23.7 Å². The SMILES string of the molecule is CC(Cl)N(C(=O)CO)C1=CC=C(F)CC1. The van der Waals surface area contributed by atoms with E-state index in [1.54, 1.807) is 6.92 Å². The minimum absolute atomic E-state index is 0.211. The molecule has 84 valence electrons. The molecule has 0 aromatic rings. The molecule has 0 fully saturated rings. The van der Waals surface area contributed by atoms with E-state index in [-0.39, 0.29) is 12.2 Å². The maximum atomic E-state index is 12.7. The van der Waals surface area contributed by atoms with E-state index in [1.807, 2.05) is 0 Å². The summed E-state index contributed by atoms with van der Waals surface area (Å²) in [5.41, 5.74) is 0.0865. The fraction of sp³-hybridized carbons (Fsp3) is 0.500. The molecule has 15 heavy (non-hydrogen) atoms. The maximum absolute atomic E-state index is 12.7. The minimum Gasteiger partial charge on any atom is -0.387 e. The van der Waals surface area contributed by atoms with Gasteiger partial charge in [0.25, 0.3) is 5.91 Å². The molecule has 0 bridgehead atoms. The van der Waals surface area contributed by atoms with Crippen molar-refractivity contribution in [2.24, 2.45) is 0 Å². The monoisotopic (exact) mass is 233 g/mol. The third-order valence-corrected chi connectivity index (χ3v) is 2.34. The molecule has 1 amide bonds. The van der Waals surface area contributed by atoms with Gasteiger partial charge in [0.1, 0.15) is 17.9 Å². The predicted octanol–water partition coefficient (Wildman–Crippen LogP) is 1.92. The van der Waals surface area contributed by atoms with Crippen LogP contribution in [0.3, 0.4) is 0 Å². The molecule has 1 N–H and O–H groups in total. The van der Waals surface area contributed by atoms with Crippen LogP contribution in [0.25, 0.3) is 0 Å². The first-order valence-electron chi connectivity index (χ1n) is 4.68. The van der Waals surface area contributed by atoms with E-state index < -0.39 is 18.0 Å². The fourth-order valence-electron chi connectivity index (χ4n) is 1.46. The van der Waals surface area contributed by atoms with Crippen molar-refractivity contribution in [3.63, 3.8) is 0 Å². The highest BCUT2D eigenvalue weighted by molar-refractivity contribution is 6.21. The van der Waals surface area contributed by atoms with Crippen molar-refractivity contribution in [2.45, 2.75) is 25.3 Å². The Balaban J connectivity index is 2.86. The topological polar surface area (TPSA) is 40.5 Å². The van der Waals surface area contributed by atoms with Gasteiger partial charge in [-0.1, -0.05) is 11.6 Å². The van der Waals surface area contributed by atoms with E-state index in [1.165, 1.54) is 17.1 Å². The average Bonchev–Trinajstić information content (AvgIpc) is 2.20. The van der Waals surface area contributed by atoms with Crippen molar-refractivity contribution < 1.29 is 14.3 Å². The highest BCUT2D eigenvalue weighted by atomic mass is 35.5. The number of carbonyl (C=O) groups excluding carboxylic acids is 1. The molecule has 0 saturated carbocycles. The standard InChI is InChI=1S/C10H13ClFNO2/c1-7(11)13(10(15)6-14)9-4-2-8(12)3-5-9/h2,4,7,14H,3,5-6H2,1H3. The predicted molar refractivity (Wildman–Crippen MR) is 55.8 cm³/mol. The Labute approximate surface area is 92.8 Å². The summed E-state index contributed by atoms with van der Waals surface area (Å²) in [5.74, 6) is -0.683. The largest absolute Gasteiger partial charge is 0.387 e. The van der Waals surface area contributed by atoms with Crippen LogP contribution in [0.15, 0.2) is 23.7 Å². The quantitative estimate of drug-likeness (QED) is 0.598. The second-order valence-corrected chi connectivity index (χ2v) is 3.90. The summed E-state index contributed by atoms with van der Waals surface area (Å²) in [5, 5.41) is 8.77. The van der Waals surface area contributed by atoms with Gasteiger partial charge in [0.2, 0.25) is 0 Å². The van der Waals surface area contributed by atoms with E-state index in [0.717, 1.165) is 0 Å². The van der Waals surface area contributed by atoms with Gasteiger partial charge in [-0.15, -0.1) is 0 Å². The van der Waals surface area contributed by atoms with Crippen LogP contribution in [0.2, 0.25) is 0 Å². The fourth-order valence-corrected chi connectivity index (χ4v) is 1.70. The van der Waals surface area contributed by atoms with Crippen molar-refractivity contribution in [3.8, 4) is 0 Å². The van der Waals surface area contributed by atoms with Crippen LogP contribution >= 0.6 is 11.6 Å². The molecule has 0 aromatic carbocycles. The molecular formula is C10H13ClFNO2. The summed E-state index contributed by atoms with van der Waals surface area (Å²) in [6, 6.07) is 0. The van der Waals surface area contributed by atoms with Gasteiger partial charge in [-0.3, -0.25) is 9.69 Å². The van der Waals surface area contributed by atoms with E-state index in [9.17, 15) is 9.18 Å². The van der Waals surface area contributed by atoms with Crippen LogP contribution in [0.4, 0.5) is 4.39 Å². The average molecular weight is 234 g/mol. The van der Waals surface area contributed by atoms with E-state index in [2.05, 4.69) is 0 Å². The van der Waals surface area contributed by atoms with Gasteiger partial charge in [-0.05, 0) is 25.5 Å². The zero-order valence-electron chi connectivity index (χ0n) is 8.41. The van der Waals surface area contributed by atoms with Crippen LogP contribution in [-0.2, 0) is 4.79 Å². The molecule has 0 aliphatic heterocycles. The molecule has 0 spiro atoms. The number of rotatable bonds is 3. The second kappa shape index (κ2) is 5.28. The summed E-state index contributed by atoms with van der Waals surface area (Å²) >= 11 is 5.83. The van der Waals surface area contributed by atoms with Gasteiger partial charge >= 0.3 is 0 Å². The lowest BCUT2D eigenvalue weighted by atomic mass is 10.1. The molecule has 1 aliphatic carbocycles. The normalized spacial score (nSPS) is 17.9. The first-order chi connectivity index (χ1) is 7.06. The second-order valence-electron chi connectivity index (χ2n) is 3.27. The maximum Gasteiger partial charge on any atom is 0.253 e. The van der Waals surface area contributed by atoms with Crippen LogP contribution in [0.5, 0.6) is 0 Å². The summed E-state index contributed by atoms with van der Waals surface area (Å²) in [4.78, 5) is 12.7. The summed E-state index contributed by atoms with van der Waals surface area (Å²) in [7, 11) is 0. The Kier molecular flexibility index (Phi) is 4.29. The number of aliphatic hydroxyl groups excluding tert-OH is 1. The number of nitrogens with zero attached hydrogens (tertiary/aromatic N) is 1. The van der Waals surface area contributed by atoms with Crippen molar-refractivity contribution >= 4 is 17.5 Å². The number of alkyl halides is 1. The number of allylic oxidation sites excluding steroid dienone is 4. The molecule has 0 heterocycles. The molecule has 1 aliphatic rings. The Morgan fingerprint density at radius 2 is 2.33 bits per heavy atom. The number of aliphatic hydroxyl groups is 1. The lowest BCUT2D eigenvalue weighted by molar-refractivity contribution is -0.132. The lowest BCUT2D eigenvalue weighted by Gasteiger charge is -2.28. The molecule has 5 heteroatoms. The van der Waals surface area contributed by atoms with Crippen molar-refractivity contribution in [1.29, 1.82) is 0 Å². The summed E-state index contributed by atoms with van der Waals surface area (Å²) in [6.07, 6.45) is 3.52. The number of carbonyl (C=O) groups is 1. The Bertz CT molecular complexity index is 313. The number of hydrogen-bond donors (Lipinski definition) is 1. The highest BCUT2D eigenvalue weighted by Gasteiger charge is 2.22. The van der Waals surface area contributed by atoms with Crippen LogP contribution in [0.1, 0.15) is 19.8 Å². The molecule has 1 unspecified atom stereocenters. The van der Waals surface area contributed by atoms with Gasteiger partial charge in [-0.2, -0.15) is 0 Å². The van der Waals surface area contributed by atoms with Crippen molar-refractivity contribution in [1.82, 2.24) is 4.90 Å². The number of hydrogen-bond acceptors (Lipinski definition) is 2. The third kappa shape index (κ3) is 3.04. The lowest BCUT2D eigenvalue weighted by Crippen LogP contribution is -2.37. The Morgan fingerprint density at radius 1 is 1.67 bits per heavy atom. The van der Waals surface area contributed by atoms with E-state index in [0.29, 0.717) is 12.1 Å². The zero-order valence-corrected chi connectivity index (χ0v) is 9.17. The first-order valence-corrected chi connectivity index (χ1v) is 5.12. The molecule has 0 saturated heterocycles. The molecule has 1 rings (SSSR count). The van der Waals surface area contributed by atoms with Gasteiger partial charge in [0.05, 0.1) is 0 Å². The highest BCUT2D eigenvalue weighted by Crippen LogP contribution is 2.24. The number of halogens is 2. The zero-order chi connectivity index (χ0) is 11.4. The molecule has 1 atom stereocenters. The first kappa shape index (κ1) is 12.2. The third-order valence-electron chi connectivity index (χ3n) is 2.15. The van der Waals surface area contributed by atoms with Gasteiger partial charge in [-0.25, -0.2) is 4.39 Å². The van der Waals surface area contributed by atoms with Crippen LogP contribution in [0, 0.1) is 0 Å². The molecule has 0 radical (unpaired) electrons. The Hall–Kier alpha value is -0.870. The van der Waals surface area contributed by atoms with Crippen LogP contribution in [-0.4, -0.2) is 28.0 Å². The van der Waals surface area contributed by atoms with Gasteiger partial charge in [0.15, 0.2) is 0 Å². The van der Waals surface area contributed by atoms with E-state index >= 15 is 0 Å². The summed E-state index contributed by atoms with van der Waals surface area (Å²) < 4.78 is 12.7. The molecule has 0 aromatic heterocycles. The smallest absolute Gasteiger partial charge is 0.253 e. The molecule has 3 nitrogen and oxygen atoms in total. The number of amides is 1. The van der Waals surface area contributed by atoms with E-state index in [4.69, 9.17) is 16.7 Å². The summed E-state index contributed by atoms with van der Waals surface area (Å²) in [6.45, 7) is 1.03. The Morgan fingerprint density at radius 3 is 2.73 bits per heavy atom.